The Morgan fingerprint density at radius 2 is 1.76 bits per heavy atom. The quantitative estimate of drug-likeness (QED) is 0.758. The number of imide groups is 2. The molecule has 0 bridgehead atoms. The van der Waals surface area contributed by atoms with E-state index in [9.17, 15) is 14.4 Å². The van der Waals surface area contributed by atoms with Crippen LogP contribution in [-0.4, -0.2) is 28.8 Å². The van der Waals surface area contributed by atoms with Crippen molar-refractivity contribution < 1.29 is 14.4 Å². The molecule has 0 aromatic carbocycles. The maximum Gasteiger partial charge on any atom is 0.331 e. The van der Waals surface area contributed by atoms with Crippen molar-refractivity contribution in [3.8, 4) is 0 Å². The number of carbonyl (C=O) groups excluding carboxylic acids is 3. The number of barbiturate groups is 1. The molecule has 5 nitrogen and oxygen atoms in total. The summed E-state index contributed by atoms with van der Waals surface area (Å²) >= 11 is 0. The molecule has 0 saturated carbocycles. The summed E-state index contributed by atoms with van der Waals surface area (Å²) in [7, 11) is 0. The van der Waals surface area contributed by atoms with E-state index in [1.165, 1.54) is 4.90 Å². The highest BCUT2D eigenvalue weighted by molar-refractivity contribution is 6.14. The molecular formula is C12H20N2O3. The van der Waals surface area contributed by atoms with Crippen LogP contribution in [0.1, 0.15) is 40.5 Å². The lowest BCUT2D eigenvalue weighted by Crippen LogP contribution is -2.57. The lowest BCUT2D eigenvalue weighted by atomic mass is 9.92. The Labute approximate surface area is 102 Å². The molecule has 0 aromatic rings. The third-order valence-corrected chi connectivity index (χ3v) is 3.12. The minimum atomic E-state index is -0.589. The van der Waals surface area contributed by atoms with Crippen molar-refractivity contribution in [3.05, 3.63) is 0 Å². The van der Waals surface area contributed by atoms with Crippen molar-refractivity contribution in [2.24, 2.45) is 11.8 Å². The third kappa shape index (κ3) is 3.28. The standard InChI is InChI=1S/C12H20N2O3/c1-7(2)5-8(3)9(4)14-11(16)6-10(15)13-12(14)17/h7-9H,5-6H2,1-4H3,(H,13,15,17). The van der Waals surface area contributed by atoms with E-state index in [-0.39, 0.29) is 18.4 Å². The second-order valence-electron chi connectivity index (χ2n) is 5.14. The zero-order valence-electron chi connectivity index (χ0n) is 10.8. The number of carbonyl (C=O) groups is 3. The predicted molar refractivity (Wildman–Crippen MR) is 63.1 cm³/mol. The highest BCUT2D eigenvalue weighted by atomic mass is 16.2. The van der Waals surface area contributed by atoms with Gasteiger partial charge in [-0.05, 0) is 25.2 Å². The van der Waals surface area contributed by atoms with Crippen LogP contribution in [0.4, 0.5) is 4.79 Å². The van der Waals surface area contributed by atoms with Gasteiger partial charge in [-0.2, -0.15) is 0 Å². The molecule has 1 fully saturated rings. The molecule has 5 heteroatoms. The van der Waals surface area contributed by atoms with Gasteiger partial charge in [0.1, 0.15) is 6.42 Å². The van der Waals surface area contributed by atoms with E-state index in [1.807, 2.05) is 13.8 Å². The van der Waals surface area contributed by atoms with E-state index in [4.69, 9.17) is 0 Å². The Hall–Kier alpha value is -1.39. The number of hydrogen-bond acceptors (Lipinski definition) is 3. The number of urea groups is 1. The van der Waals surface area contributed by atoms with Crippen LogP contribution in [0.3, 0.4) is 0 Å². The summed E-state index contributed by atoms with van der Waals surface area (Å²) in [6.07, 6.45) is 0.705. The normalized spacial score (nSPS) is 20.5. The smallest absolute Gasteiger partial charge is 0.277 e. The zero-order valence-corrected chi connectivity index (χ0v) is 10.8. The number of nitrogens with zero attached hydrogens (tertiary/aromatic N) is 1. The van der Waals surface area contributed by atoms with Crippen molar-refractivity contribution >= 4 is 17.8 Å². The van der Waals surface area contributed by atoms with E-state index < -0.39 is 17.8 Å². The lowest BCUT2D eigenvalue weighted by molar-refractivity contribution is -0.138. The molecule has 2 atom stereocenters. The summed E-state index contributed by atoms with van der Waals surface area (Å²) in [5, 5.41) is 2.18. The number of nitrogens with one attached hydrogen (secondary N) is 1. The molecule has 0 spiro atoms. The Morgan fingerprint density at radius 1 is 1.18 bits per heavy atom. The Morgan fingerprint density at radius 3 is 2.24 bits per heavy atom. The van der Waals surface area contributed by atoms with Crippen LogP contribution in [0.25, 0.3) is 0 Å². The van der Waals surface area contributed by atoms with Crippen LogP contribution in [0.15, 0.2) is 0 Å². The van der Waals surface area contributed by atoms with Gasteiger partial charge in [0.15, 0.2) is 0 Å². The molecule has 1 heterocycles. The molecule has 1 aliphatic rings. The maximum atomic E-state index is 11.7. The van der Waals surface area contributed by atoms with Crippen molar-refractivity contribution in [1.29, 1.82) is 0 Å². The Balaban J connectivity index is 2.73. The largest absolute Gasteiger partial charge is 0.331 e. The van der Waals surface area contributed by atoms with Gasteiger partial charge < -0.3 is 0 Å². The number of hydrogen-bond donors (Lipinski definition) is 1. The molecule has 0 aromatic heterocycles. The van der Waals surface area contributed by atoms with Gasteiger partial charge in [-0.15, -0.1) is 0 Å². The summed E-state index contributed by atoms with van der Waals surface area (Å²) in [6, 6.07) is -0.771. The molecular weight excluding hydrogens is 220 g/mol. The number of amides is 4. The van der Waals surface area contributed by atoms with Crippen LogP contribution >= 0.6 is 0 Å². The average molecular weight is 240 g/mol. The predicted octanol–water partition coefficient (Wildman–Crippen LogP) is 1.53. The highest BCUT2D eigenvalue weighted by Crippen LogP contribution is 2.21. The third-order valence-electron chi connectivity index (χ3n) is 3.12. The Bertz CT molecular complexity index is 319. The van der Waals surface area contributed by atoms with E-state index in [2.05, 4.69) is 19.2 Å². The van der Waals surface area contributed by atoms with Crippen LogP contribution in [0.2, 0.25) is 0 Å². The van der Waals surface area contributed by atoms with Gasteiger partial charge in [-0.1, -0.05) is 20.8 Å². The summed E-state index contributed by atoms with van der Waals surface area (Å²) in [6.45, 7) is 8.07. The van der Waals surface area contributed by atoms with Crippen molar-refractivity contribution in [3.63, 3.8) is 0 Å². The second kappa shape index (κ2) is 5.29. The highest BCUT2D eigenvalue weighted by Gasteiger charge is 2.36. The van der Waals surface area contributed by atoms with Crippen LogP contribution < -0.4 is 5.32 Å². The maximum absolute atomic E-state index is 11.7. The monoisotopic (exact) mass is 240 g/mol. The van der Waals surface area contributed by atoms with Crippen LogP contribution in [-0.2, 0) is 9.59 Å². The van der Waals surface area contributed by atoms with Gasteiger partial charge >= 0.3 is 6.03 Å². The molecule has 1 rings (SSSR count). The topological polar surface area (TPSA) is 66.5 Å². The second-order valence-corrected chi connectivity index (χ2v) is 5.14. The average Bonchev–Trinajstić information content (AvgIpc) is 2.14. The van der Waals surface area contributed by atoms with Gasteiger partial charge in [-0.3, -0.25) is 19.8 Å². The molecule has 0 aliphatic carbocycles. The van der Waals surface area contributed by atoms with Crippen LogP contribution in [0, 0.1) is 11.8 Å². The van der Waals surface area contributed by atoms with Gasteiger partial charge in [0, 0.05) is 6.04 Å². The fourth-order valence-corrected chi connectivity index (χ4v) is 2.17. The van der Waals surface area contributed by atoms with Crippen molar-refractivity contribution in [2.75, 3.05) is 0 Å². The van der Waals surface area contributed by atoms with Gasteiger partial charge in [0.25, 0.3) is 0 Å². The lowest BCUT2D eigenvalue weighted by Gasteiger charge is -2.34. The first-order chi connectivity index (χ1) is 7.82. The molecule has 4 amide bonds. The van der Waals surface area contributed by atoms with Crippen molar-refractivity contribution in [2.45, 2.75) is 46.6 Å². The van der Waals surface area contributed by atoms with Gasteiger partial charge in [-0.25, -0.2) is 4.79 Å². The summed E-state index contributed by atoms with van der Waals surface area (Å²) < 4.78 is 0. The summed E-state index contributed by atoms with van der Waals surface area (Å²) in [5.41, 5.74) is 0. The van der Waals surface area contributed by atoms with E-state index in [0.29, 0.717) is 5.92 Å². The van der Waals surface area contributed by atoms with E-state index in [0.717, 1.165) is 6.42 Å². The van der Waals surface area contributed by atoms with Crippen molar-refractivity contribution in [1.82, 2.24) is 10.2 Å². The van der Waals surface area contributed by atoms with E-state index >= 15 is 0 Å². The first kappa shape index (κ1) is 13.7. The van der Waals surface area contributed by atoms with Gasteiger partial charge in [0.2, 0.25) is 11.8 Å². The number of rotatable bonds is 4. The zero-order chi connectivity index (χ0) is 13.2. The van der Waals surface area contributed by atoms with Gasteiger partial charge in [0.05, 0.1) is 0 Å². The summed E-state index contributed by atoms with van der Waals surface area (Å²) in [4.78, 5) is 35.5. The molecule has 17 heavy (non-hydrogen) atoms. The summed E-state index contributed by atoms with van der Waals surface area (Å²) in [5.74, 6) is -0.184. The fourth-order valence-electron chi connectivity index (χ4n) is 2.17. The minimum Gasteiger partial charge on any atom is -0.277 e. The Kier molecular flexibility index (Phi) is 4.26. The SMILES string of the molecule is CC(C)CC(C)C(C)N1C(=O)CC(=O)NC1=O. The fraction of sp³-hybridized carbons (Fsp3) is 0.750. The molecule has 96 valence electrons. The van der Waals surface area contributed by atoms with E-state index in [1.54, 1.807) is 0 Å². The molecule has 1 aliphatic heterocycles. The minimum absolute atomic E-state index is 0.182. The molecule has 1 saturated heterocycles. The first-order valence-electron chi connectivity index (χ1n) is 5.98. The molecule has 0 radical (unpaired) electrons. The first-order valence-corrected chi connectivity index (χ1v) is 5.98. The van der Waals surface area contributed by atoms with Crippen LogP contribution in [0.5, 0.6) is 0 Å². The molecule has 1 N–H and O–H groups in total. The molecule has 2 unspecified atom stereocenters.